The Morgan fingerprint density at radius 1 is 1.50 bits per heavy atom. The molecule has 0 fully saturated rings. The number of rotatable bonds is 4. The van der Waals surface area contributed by atoms with Crippen molar-refractivity contribution in [1.29, 1.82) is 0 Å². The Balaban J connectivity index is 3.14. The molecule has 14 heavy (non-hydrogen) atoms. The average molecular weight is 197 g/mol. The molecule has 0 spiro atoms. The fourth-order valence-electron chi connectivity index (χ4n) is 1.47. The molecular weight excluding hydrogens is 181 g/mol. The summed E-state index contributed by atoms with van der Waals surface area (Å²) < 4.78 is 17.8. The Hall–Kier alpha value is -1.09. The van der Waals surface area contributed by atoms with Crippen LogP contribution in [0.4, 0.5) is 4.39 Å². The highest BCUT2D eigenvalue weighted by Gasteiger charge is 2.13. The molecule has 0 aromatic heterocycles. The Kier molecular flexibility index (Phi) is 3.89. The quantitative estimate of drug-likeness (QED) is 0.803. The minimum Gasteiger partial charge on any atom is -0.496 e. The predicted octanol–water partition coefficient (Wildman–Crippen LogP) is 2.23. The maximum atomic E-state index is 12.6. The molecule has 0 bridgehead atoms. The van der Waals surface area contributed by atoms with Crippen molar-refractivity contribution in [3.05, 3.63) is 29.3 Å². The number of nitrogens with two attached hydrogens (primary N) is 1. The van der Waals surface area contributed by atoms with Gasteiger partial charge in [-0.05, 0) is 18.0 Å². The molecule has 2 N–H and O–H groups in total. The van der Waals surface area contributed by atoms with Crippen molar-refractivity contribution in [1.82, 2.24) is 0 Å². The normalized spacial score (nSPS) is 12.6. The first kappa shape index (κ1) is 11.0. The standard InChI is InChI=1S/C11H16FNO/c1-8(7-13)10-5-3-4-9(6-12)11(10)14-2/h3-5,8H,6-7,13H2,1-2H3. The van der Waals surface area contributed by atoms with Gasteiger partial charge in [-0.1, -0.05) is 25.1 Å². The first-order chi connectivity index (χ1) is 6.74. The van der Waals surface area contributed by atoms with Crippen molar-refractivity contribution in [2.45, 2.75) is 19.5 Å². The summed E-state index contributed by atoms with van der Waals surface area (Å²) >= 11 is 0. The summed E-state index contributed by atoms with van der Waals surface area (Å²) in [5.41, 5.74) is 7.14. The van der Waals surface area contributed by atoms with Crippen LogP contribution < -0.4 is 10.5 Å². The summed E-state index contributed by atoms with van der Waals surface area (Å²) in [5.74, 6) is 0.824. The largest absolute Gasteiger partial charge is 0.496 e. The lowest BCUT2D eigenvalue weighted by molar-refractivity contribution is 0.387. The van der Waals surface area contributed by atoms with E-state index in [1.807, 2.05) is 19.1 Å². The van der Waals surface area contributed by atoms with Crippen LogP contribution in [0, 0.1) is 0 Å². The Bertz CT molecular complexity index is 301. The topological polar surface area (TPSA) is 35.2 Å². The van der Waals surface area contributed by atoms with Crippen LogP contribution in [0.1, 0.15) is 24.0 Å². The van der Waals surface area contributed by atoms with Crippen LogP contribution in [0.15, 0.2) is 18.2 Å². The minimum atomic E-state index is -0.506. The number of hydrogen-bond acceptors (Lipinski definition) is 2. The molecule has 1 rings (SSSR count). The Labute approximate surface area is 83.9 Å². The molecular formula is C11H16FNO. The molecule has 0 aliphatic rings. The second kappa shape index (κ2) is 4.96. The van der Waals surface area contributed by atoms with E-state index in [2.05, 4.69) is 0 Å². The zero-order chi connectivity index (χ0) is 10.6. The van der Waals surface area contributed by atoms with E-state index in [4.69, 9.17) is 10.5 Å². The Morgan fingerprint density at radius 3 is 2.71 bits per heavy atom. The van der Waals surface area contributed by atoms with E-state index in [1.54, 1.807) is 13.2 Å². The molecule has 78 valence electrons. The summed E-state index contributed by atoms with van der Waals surface area (Å²) in [5, 5.41) is 0. The van der Waals surface area contributed by atoms with Gasteiger partial charge in [-0.3, -0.25) is 0 Å². The van der Waals surface area contributed by atoms with Crippen molar-refractivity contribution in [3.63, 3.8) is 0 Å². The van der Waals surface area contributed by atoms with Gasteiger partial charge in [0.15, 0.2) is 0 Å². The summed E-state index contributed by atoms with van der Waals surface area (Å²) in [7, 11) is 1.56. The zero-order valence-electron chi connectivity index (χ0n) is 8.59. The lowest BCUT2D eigenvalue weighted by Crippen LogP contribution is -2.10. The van der Waals surface area contributed by atoms with Gasteiger partial charge in [-0.2, -0.15) is 0 Å². The molecule has 1 aromatic carbocycles. The van der Waals surface area contributed by atoms with Gasteiger partial charge in [0.05, 0.1) is 7.11 Å². The second-order valence-corrected chi connectivity index (χ2v) is 3.31. The van der Waals surface area contributed by atoms with Crippen LogP contribution in [0.3, 0.4) is 0 Å². The highest BCUT2D eigenvalue weighted by atomic mass is 19.1. The van der Waals surface area contributed by atoms with E-state index in [1.165, 1.54) is 0 Å². The number of alkyl halides is 1. The molecule has 0 heterocycles. The van der Waals surface area contributed by atoms with Crippen LogP contribution in [0.2, 0.25) is 0 Å². The fraction of sp³-hybridized carbons (Fsp3) is 0.455. The zero-order valence-corrected chi connectivity index (χ0v) is 8.59. The number of para-hydroxylation sites is 1. The van der Waals surface area contributed by atoms with Gasteiger partial charge in [-0.15, -0.1) is 0 Å². The molecule has 0 radical (unpaired) electrons. The summed E-state index contributed by atoms with van der Waals surface area (Å²) in [4.78, 5) is 0. The highest BCUT2D eigenvalue weighted by molar-refractivity contribution is 5.43. The SMILES string of the molecule is COc1c(CF)cccc1C(C)CN. The van der Waals surface area contributed by atoms with Crippen molar-refractivity contribution in [2.24, 2.45) is 5.73 Å². The van der Waals surface area contributed by atoms with Gasteiger partial charge in [0, 0.05) is 5.56 Å². The predicted molar refractivity (Wildman–Crippen MR) is 55.3 cm³/mol. The van der Waals surface area contributed by atoms with Crippen molar-refractivity contribution in [3.8, 4) is 5.75 Å². The lowest BCUT2D eigenvalue weighted by atomic mass is 9.98. The molecule has 2 nitrogen and oxygen atoms in total. The van der Waals surface area contributed by atoms with Crippen LogP contribution in [0.5, 0.6) is 5.75 Å². The second-order valence-electron chi connectivity index (χ2n) is 3.31. The number of benzene rings is 1. The molecule has 1 unspecified atom stereocenters. The van der Waals surface area contributed by atoms with Gasteiger partial charge < -0.3 is 10.5 Å². The molecule has 0 aliphatic heterocycles. The molecule has 0 saturated heterocycles. The number of methoxy groups -OCH3 is 1. The summed E-state index contributed by atoms with van der Waals surface area (Å²) in [6.07, 6.45) is 0. The van der Waals surface area contributed by atoms with E-state index in [0.717, 1.165) is 5.56 Å². The van der Waals surface area contributed by atoms with E-state index >= 15 is 0 Å². The monoisotopic (exact) mass is 197 g/mol. The minimum absolute atomic E-state index is 0.191. The van der Waals surface area contributed by atoms with Gasteiger partial charge in [-0.25, -0.2) is 4.39 Å². The van der Waals surface area contributed by atoms with E-state index in [9.17, 15) is 4.39 Å². The van der Waals surface area contributed by atoms with Gasteiger partial charge >= 0.3 is 0 Å². The smallest absolute Gasteiger partial charge is 0.128 e. The molecule has 1 aromatic rings. The van der Waals surface area contributed by atoms with Crippen molar-refractivity contribution < 1.29 is 9.13 Å². The highest BCUT2D eigenvalue weighted by Crippen LogP contribution is 2.30. The molecule has 0 amide bonds. The first-order valence-electron chi connectivity index (χ1n) is 4.66. The third-order valence-electron chi connectivity index (χ3n) is 2.36. The van der Waals surface area contributed by atoms with Gasteiger partial charge in [0.1, 0.15) is 12.4 Å². The summed E-state index contributed by atoms with van der Waals surface area (Å²) in [6.45, 7) is 2.03. The number of ether oxygens (including phenoxy) is 1. The van der Waals surface area contributed by atoms with Gasteiger partial charge in [0.25, 0.3) is 0 Å². The van der Waals surface area contributed by atoms with E-state index in [-0.39, 0.29) is 5.92 Å². The average Bonchev–Trinajstić information content (AvgIpc) is 2.26. The third-order valence-corrected chi connectivity index (χ3v) is 2.36. The van der Waals surface area contributed by atoms with Crippen LogP contribution in [-0.4, -0.2) is 13.7 Å². The molecule has 0 aliphatic carbocycles. The lowest BCUT2D eigenvalue weighted by Gasteiger charge is -2.15. The van der Waals surface area contributed by atoms with Crippen LogP contribution in [0.25, 0.3) is 0 Å². The molecule has 1 atom stereocenters. The summed E-state index contributed by atoms with van der Waals surface area (Å²) in [6, 6.07) is 5.49. The Morgan fingerprint density at radius 2 is 2.21 bits per heavy atom. The van der Waals surface area contributed by atoms with Crippen molar-refractivity contribution >= 4 is 0 Å². The first-order valence-corrected chi connectivity index (χ1v) is 4.66. The maximum absolute atomic E-state index is 12.6. The third kappa shape index (κ3) is 2.04. The molecule has 0 saturated carbocycles. The number of hydrogen-bond donors (Lipinski definition) is 1. The van der Waals surface area contributed by atoms with Crippen LogP contribution >= 0.6 is 0 Å². The number of halogens is 1. The maximum Gasteiger partial charge on any atom is 0.128 e. The van der Waals surface area contributed by atoms with E-state index < -0.39 is 6.67 Å². The molecule has 3 heteroatoms. The van der Waals surface area contributed by atoms with Crippen LogP contribution in [-0.2, 0) is 6.67 Å². The van der Waals surface area contributed by atoms with E-state index in [0.29, 0.717) is 17.9 Å². The van der Waals surface area contributed by atoms with Gasteiger partial charge in [0.2, 0.25) is 0 Å². The fourth-order valence-corrected chi connectivity index (χ4v) is 1.47. The van der Waals surface area contributed by atoms with Crippen molar-refractivity contribution in [2.75, 3.05) is 13.7 Å².